The summed E-state index contributed by atoms with van der Waals surface area (Å²) in [5.74, 6) is -1.38. The van der Waals surface area contributed by atoms with Crippen LogP contribution in [-0.4, -0.2) is 44.0 Å². The molecule has 1 aromatic rings. The highest BCUT2D eigenvalue weighted by atomic mass is 31.2. The third-order valence-electron chi connectivity index (χ3n) is 5.21. The normalized spacial score (nSPS) is 15.2. The van der Waals surface area contributed by atoms with Gasteiger partial charge in [-0.3, -0.25) is 4.57 Å². The molecule has 0 saturated carbocycles. The molecule has 0 spiro atoms. The number of carbonyl (C=O) groups excluding carboxylic acids is 2. The van der Waals surface area contributed by atoms with Crippen molar-refractivity contribution >= 4 is 25.2 Å². The number of hydrogen-bond acceptors (Lipinski definition) is 8. The number of hydrogen-bond donors (Lipinski definition) is 0. The predicted octanol–water partition coefficient (Wildman–Crippen LogP) is 5.12. The molecule has 33 heavy (non-hydrogen) atoms. The topological polar surface area (TPSA) is 91.4 Å². The number of carbonyl (C=O) groups is 2. The summed E-state index contributed by atoms with van der Waals surface area (Å²) in [6.45, 7) is 12.5. The molecule has 182 valence electrons. The molecule has 8 nitrogen and oxygen atoms in total. The molecule has 0 saturated heterocycles. The first-order chi connectivity index (χ1) is 15.7. The molecule has 0 atom stereocenters. The van der Waals surface area contributed by atoms with Crippen molar-refractivity contribution in [3.8, 4) is 0 Å². The van der Waals surface area contributed by atoms with Crippen molar-refractivity contribution in [2.24, 2.45) is 0 Å². The van der Waals surface area contributed by atoms with Crippen LogP contribution in [-0.2, 0) is 32.7 Å². The third kappa shape index (κ3) is 5.57. The zero-order valence-electron chi connectivity index (χ0n) is 20.5. The summed E-state index contributed by atoms with van der Waals surface area (Å²) in [5.41, 5.74) is 1.58. The van der Waals surface area contributed by atoms with Crippen molar-refractivity contribution in [2.45, 2.75) is 54.1 Å². The van der Waals surface area contributed by atoms with Crippen molar-refractivity contribution in [1.82, 2.24) is 0 Å². The number of esters is 2. The van der Waals surface area contributed by atoms with Crippen LogP contribution in [0.3, 0.4) is 0 Å². The van der Waals surface area contributed by atoms with E-state index >= 15 is 0 Å². The Hall–Kier alpha value is -2.41. The van der Waals surface area contributed by atoms with Crippen molar-refractivity contribution in [3.05, 3.63) is 52.4 Å². The Bertz CT molecular complexity index is 929. The summed E-state index contributed by atoms with van der Waals surface area (Å²) >= 11 is 0. The number of aryl methyl sites for hydroxylation is 1. The first kappa shape index (κ1) is 26.8. The fourth-order valence-corrected chi connectivity index (χ4v) is 6.22. The van der Waals surface area contributed by atoms with E-state index < -0.39 is 25.2 Å². The Morgan fingerprint density at radius 3 is 1.58 bits per heavy atom. The predicted molar refractivity (Wildman–Crippen MR) is 127 cm³/mol. The molecule has 0 amide bonds. The molecular formula is C24H34NO7P. The average Bonchev–Trinajstić information content (AvgIpc) is 2.75. The van der Waals surface area contributed by atoms with Crippen LogP contribution in [0, 0.1) is 6.92 Å². The SMILES string of the molecule is CCOC(=O)C1=C(C)N(c2ccc(C)cc2)C(C)=C(C(=O)OCC)C1P(=O)(OCC)OCC. The molecule has 0 N–H and O–H groups in total. The first-order valence-corrected chi connectivity index (χ1v) is 12.8. The van der Waals surface area contributed by atoms with Gasteiger partial charge in [0.1, 0.15) is 5.66 Å². The Morgan fingerprint density at radius 1 is 0.788 bits per heavy atom. The molecule has 1 aliphatic heterocycles. The van der Waals surface area contributed by atoms with Gasteiger partial charge in [0, 0.05) is 17.1 Å². The highest BCUT2D eigenvalue weighted by Crippen LogP contribution is 2.60. The summed E-state index contributed by atoms with van der Waals surface area (Å²) in [7, 11) is -4.01. The van der Waals surface area contributed by atoms with Crippen molar-refractivity contribution < 1.29 is 32.7 Å². The molecule has 0 aliphatic carbocycles. The minimum atomic E-state index is -4.01. The van der Waals surface area contributed by atoms with E-state index in [-0.39, 0.29) is 37.6 Å². The van der Waals surface area contributed by atoms with E-state index in [1.54, 1.807) is 46.4 Å². The highest BCUT2D eigenvalue weighted by molar-refractivity contribution is 7.55. The molecule has 0 radical (unpaired) electrons. The zero-order chi connectivity index (χ0) is 24.8. The van der Waals surface area contributed by atoms with Gasteiger partial charge in [-0.2, -0.15) is 0 Å². The van der Waals surface area contributed by atoms with Crippen LogP contribution in [0.25, 0.3) is 0 Å². The van der Waals surface area contributed by atoms with Gasteiger partial charge < -0.3 is 23.4 Å². The van der Waals surface area contributed by atoms with Crippen LogP contribution >= 0.6 is 7.60 Å². The maximum Gasteiger partial charge on any atom is 0.343 e. The monoisotopic (exact) mass is 479 g/mol. The average molecular weight is 480 g/mol. The summed E-state index contributed by atoms with van der Waals surface area (Å²) in [6.07, 6.45) is 0. The van der Waals surface area contributed by atoms with Gasteiger partial charge in [-0.25, -0.2) is 9.59 Å². The van der Waals surface area contributed by atoms with Crippen molar-refractivity contribution in [3.63, 3.8) is 0 Å². The van der Waals surface area contributed by atoms with Gasteiger partial charge in [0.25, 0.3) is 0 Å². The third-order valence-corrected chi connectivity index (χ3v) is 7.60. The van der Waals surface area contributed by atoms with Gasteiger partial charge in [0.15, 0.2) is 0 Å². The lowest BCUT2D eigenvalue weighted by molar-refractivity contribution is -0.139. The number of ether oxygens (including phenoxy) is 2. The summed E-state index contributed by atoms with van der Waals surface area (Å²) in [4.78, 5) is 28.2. The zero-order valence-corrected chi connectivity index (χ0v) is 21.4. The van der Waals surface area contributed by atoms with Crippen molar-refractivity contribution in [1.29, 1.82) is 0 Å². The number of allylic oxidation sites excluding steroid dienone is 2. The fraction of sp³-hybridized carbons (Fsp3) is 0.500. The first-order valence-electron chi connectivity index (χ1n) is 11.2. The maximum absolute atomic E-state index is 14.0. The van der Waals surface area contributed by atoms with Crippen LogP contribution in [0.4, 0.5) is 5.69 Å². The lowest BCUT2D eigenvalue weighted by atomic mass is 9.95. The number of anilines is 1. The quantitative estimate of drug-likeness (QED) is 0.337. The largest absolute Gasteiger partial charge is 0.463 e. The van der Waals surface area contributed by atoms with Gasteiger partial charge in [0.2, 0.25) is 0 Å². The second kappa shape index (κ2) is 11.6. The van der Waals surface area contributed by atoms with E-state index in [4.69, 9.17) is 18.5 Å². The molecule has 0 bridgehead atoms. The molecular weight excluding hydrogens is 445 g/mol. The Balaban J connectivity index is 2.90. The molecule has 1 aliphatic rings. The van der Waals surface area contributed by atoms with Gasteiger partial charge in [-0.15, -0.1) is 0 Å². The van der Waals surface area contributed by atoms with E-state index in [1.807, 2.05) is 31.2 Å². The Labute approximate surface area is 196 Å². The van der Waals surface area contributed by atoms with Crippen LogP contribution in [0.5, 0.6) is 0 Å². The minimum absolute atomic E-state index is 0.0521. The molecule has 2 rings (SSSR count). The van der Waals surface area contributed by atoms with Crippen LogP contribution in [0.1, 0.15) is 47.1 Å². The smallest absolute Gasteiger partial charge is 0.343 e. The lowest BCUT2D eigenvalue weighted by Gasteiger charge is -2.39. The molecule has 9 heteroatoms. The minimum Gasteiger partial charge on any atom is -0.463 e. The molecule has 0 aromatic heterocycles. The molecule has 1 aromatic carbocycles. The van der Waals surface area contributed by atoms with Gasteiger partial charge in [-0.1, -0.05) is 17.7 Å². The van der Waals surface area contributed by atoms with Crippen LogP contribution in [0.2, 0.25) is 0 Å². The Kier molecular flexibility index (Phi) is 9.46. The summed E-state index contributed by atoms with van der Waals surface area (Å²) in [6, 6.07) is 7.64. The summed E-state index contributed by atoms with van der Waals surface area (Å²) in [5, 5.41) is 0. The maximum atomic E-state index is 14.0. The number of benzene rings is 1. The lowest BCUT2D eigenvalue weighted by Crippen LogP contribution is -2.40. The van der Waals surface area contributed by atoms with E-state index in [0.717, 1.165) is 11.3 Å². The second-order valence-corrected chi connectivity index (χ2v) is 9.50. The molecule has 0 unspecified atom stereocenters. The summed E-state index contributed by atoms with van der Waals surface area (Å²) < 4.78 is 35.9. The van der Waals surface area contributed by atoms with Crippen molar-refractivity contribution in [2.75, 3.05) is 31.3 Å². The van der Waals surface area contributed by atoms with Gasteiger partial charge in [0.05, 0.1) is 37.6 Å². The molecule has 0 fully saturated rings. The van der Waals surface area contributed by atoms with E-state index in [1.165, 1.54) is 0 Å². The van der Waals surface area contributed by atoms with Gasteiger partial charge in [-0.05, 0) is 60.6 Å². The number of rotatable bonds is 10. The Morgan fingerprint density at radius 2 is 1.21 bits per heavy atom. The van der Waals surface area contributed by atoms with Gasteiger partial charge >= 0.3 is 19.5 Å². The number of nitrogens with zero attached hydrogens (tertiary/aromatic N) is 1. The van der Waals surface area contributed by atoms with E-state index in [0.29, 0.717) is 11.4 Å². The van der Waals surface area contributed by atoms with Crippen LogP contribution < -0.4 is 4.90 Å². The van der Waals surface area contributed by atoms with Crippen LogP contribution in [0.15, 0.2) is 46.8 Å². The second-order valence-electron chi connectivity index (χ2n) is 7.39. The van der Waals surface area contributed by atoms with E-state index in [2.05, 4.69) is 0 Å². The van der Waals surface area contributed by atoms with E-state index in [9.17, 15) is 14.2 Å². The highest BCUT2D eigenvalue weighted by Gasteiger charge is 2.51. The fourth-order valence-electron chi connectivity index (χ4n) is 3.91. The molecule has 1 heterocycles. The standard InChI is InChI=1S/C24H34NO7P/c1-8-29-23(26)20-17(6)25(19-14-12-16(5)13-15-19)18(7)21(24(27)30-9-2)22(20)33(28,31-10-3)32-11-4/h12-15,22H,8-11H2,1-7H3.